The van der Waals surface area contributed by atoms with E-state index in [0.29, 0.717) is 18.0 Å². The lowest BCUT2D eigenvalue weighted by atomic mass is 10.1. The first-order valence-electron chi connectivity index (χ1n) is 6.51. The molecule has 1 aliphatic carbocycles. The van der Waals surface area contributed by atoms with Crippen molar-refractivity contribution in [3.05, 3.63) is 24.3 Å². The van der Waals surface area contributed by atoms with E-state index in [9.17, 15) is 8.42 Å². The van der Waals surface area contributed by atoms with Crippen molar-refractivity contribution in [1.82, 2.24) is 4.72 Å². The summed E-state index contributed by atoms with van der Waals surface area (Å²) in [5.74, 6) is 0.541. The number of sulfonamides is 1. The third-order valence-corrected chi connectivity index (χ3v) is 6.02. The highest BCUT2D eigenvalue weighted by atomic mass is 32.2. The summed E-state index contributed by atoms with van der Waals surface area (Å²) in [7, 11) is -3.28. The van der Waals surface area contributed by atoms with E-state index in [1.807, 2.05) is 18.2 Å². The Balaban J connectivity index is 1.75. The van der Waals surface area contributed by atoms with Gasteiger partial charge in [-0.1, -0.05) is 6.07 Å². The number of nitrogens with one attached hydrogen (secondary N) is 1. The number of aliphatic hydroxyl groups is 1. The molecule has 20 heavy (non-hydrogen) atoms. The van der Waals surface area contributed by atoms with Gasteiger partial charge < -0.3 is 10.8 Å². The fourth-order valence-electron chi connectivity index (χ4n) is 1.78. The number of hydrogen-bond acceptors (Lipinski definition) is 5. The van der Waals surface area contributed by atoms with Gasteiger partial charge in [-0.05, 0) is 31.0 Å². The van der Waals surface area contributed by atoms with Crippen LogP contribution >= 0.6 is 11.8 Å². The lowest BCUT2D eigenvalue weighted by molar-refractivity contribution is 0.213. The van der Waals surface area contributed by atoms with Crippen molar-refractivity contribution in [3.63, 3.8) is 0 Å². The molecule has 2 rings (SSSR count). The van der Waals surface area contributed by atoms with Crippen LogP contribution in [0.3, 0.4) is 0 Å². The van der Waals surface area contributed by atoms with Crippen LogP contribution in [0.2, 0.25) is 0 Å². The number of benzene rings is 1. The third-order valence-electron chi connectivity index (χ3n) is 3.44. The summed E-state index contributed by atoms with van der Waals surface area (Å²) in [5.41, 5.74) is 6.14. The molecule has 0 amide bonds. The van der Waals surface area contributed by atoms with Crippen LogP contribution in [0.15, 0.2) is 29.2 Å². The Morgan fingerprint density at radius 1 is 1.40 bits per heavy atom. The lowest BCUT2D eigenvalue weighted by Gasteiger charge is -2.13. The minimum Gasteiger partial charge on any atom is -0.399 e. The van der Waals surface area contributed by atoms with Crippen LogP contribution in [0.4, 0.5) is 5.69 Å². The first-order chi connectivity index (χ1) is 9.45. The molecule has 112 valence electrons. The molecule has 1 aliphatic rings. The molecule has 0 aromatic heterocycles. The van der Waals surface area contributed by atoms with Crippen LogP contribution in [-0.2, 0) is 10.0 Å². The molecular weight excluding hydrogens is 296 g/mol. The molecule has 1 saturated carbocycles. The van der Waals surface area contributed by atoms with E-state index in [-0.39, 0.29) is 17.8 Å². The quantitative estimate of drug-likeness (QED) is 0.492. The Labute approximate surface area is 124 Å². The maximum Gasteiger partial charge on any atom is 0.212 e. The topological polar surface area (TPSA) is 92.4 Å². The summed E-state index contributed by atoms with van der Waals surface area (Å²) in [6.07, 6.45) is 1.79. The standard InChI is InChI=1S/C13H20N2O3S2/c14-11-2-1-3-12(8-11)19-6-7-20(17,18)15-9-13(10-16)4-5-13/h1-3,8,15-16H,4-7,9-10,14H2. The maximum absolute atomic E-state index is 11.8. The van der Waals surface area contributed by atoms with Crippen LogP contribution < -0.4 is 10.5 Å². The first kappa shape index (κ1) is 15.6. The van der Waals surface area contributed by atoms with Crippen molar-refractivity contribution < 1.29 is 13.5 Å². The Bertz CT molecular complexity index is 556. The van der Waals surface area contributed by atoms with Crippen LogP contribution in [0, 0.1) is 5.41 Å². The highest BCUT2D eigenvalue weighted by molar-refractivity contribution is 8.00. The van der Waals surface area contributed by atoms with E-state index >= 15 is 0 Å². The maximum atomic E-state index is 11.8. The molecule has 1 aromatic rings. The van der Waals surface area contributed by atoms with Gasteiger partial charge in [-0.2, -0.15) is 0 Å². The molecule has 0 saturated heterocycles. The normalized spacial score (nSPS) is 17.1. The third kappa shape index (κ3) is 4.66. The Kier molecular flexibility index (Phi) is 4.95. The predicted octanol–water partition coefficient (Wildman–Crippen LogP) is 1.05. The highest BCUT2D eigenvalue weighted by Gasteiger charge is 2.42. The second-order valence-corrected chi connectivity index (χ2v) is 8.31. The van der Waals surface area contributed by atoms with E-state index in [4.69, 9.17) is 10.8 Å². The fraction of sp³-hybridized carbons (Fsp3) is 0.538. The van der Waals surface area contributed by atoms with E-state index in [2.05, 4.69) is 4.72 Å². The zero-order valence-corrected chi connectivity index (χ0v) is 12.8. The molecule has 0 heterocycles. The highest BCUT2D eigenvalue weighted by Crippen LogP contribution is 2.44. The molecule has 0 atom stereocenters. The van der Waals surface area contributed by atoms with Crippen molar-refractivity contribution in [2.24, 2.45) is 5.41 Å². The van der Waals surface area contributed by atoms with E-state index in [1.165, 1.54) is 11.8 Å². The summed E-state index contributed by atoms with van der Waals surface area (Å²) < 4.78 is 26.3. The summed E-state index contributed by atoms with van der Waals surface area (Å²) in [6.45, 7) is 0.391. The van der Waals surface area contributed by atoms with Crippen molar-refractivity contribution in [2.75, 3.05) is 30.4 Å². The Morgan fingerprint density at radius 2 is 2.15 bits per heavy atom. The molecule has 5 nitrogen and oxygen atoms in total. The van der Waals surface area contributed by atoms with Gasteiger partial charge in [0.2, 0.25) is 10.0 Å². The fourth-order valence-corrected chi connectivity index (χ4v) is 4.29. The van der Waals surface area contributed by atoms with Crippen LogP contribution in [0.25, 0.3) is 0 Å². The predicted molar refractivity (Wildman–Crippen MR) is 82.1 cm³/mol. The molecular formula is C13H20N2O3S2. The van der Waals surface area contributed by atoms with E-state index in [0.717, 1.165) is 17.7 Å². The first-order valence-corrected chi connectivity index (χ1v) is 9.15. The molecule has 0 bridgehead atoms. The van der Waals surface area contributed by atoms with Gasteiger partial charge in [0.25, 0.3) is 0 Å². The van der Waals surface area contributed by atoms with Gasteiger partial charge in [-0.3, -0.25) is 0 Å². The van der Waals surface area contributed by atoms with E-state index < -0.39 is 10.0 Å². The number of rotatable bonds is 8. The van der Waals surface area contributed by atoms with Gasteiger partial charge in [0.1, 0.15) is 0 Å². The summed E-state index contributed by atoms with van der Waals surface area (Å²) in [5, 5.41) is 9.15. The van der Waals surface area contributed by atoms with Crippen molar-refractivity contribution in [3.8, 4) is 0 Å². The minimum absolute atomic E-state index is 0.0492. The second kappa shape index (κ2) is 6.34. The van der Waals surface area contributed by atoms with Crippen LogP contribution in [0.1, 0.15) is 12.8 Å². The van der Waals surface area contributed by atoms with Crippen molar-refractivity contribution >= 4 is 27.5 Å². The molecule has 1 fully saturated rings. The SMILES string of the molecule is Nc1cccc(SCCS(=O)(=O)NCC2(CO)CC2)c1. The van der Waals surface area contributed by atoms with Crippen molar-refractivity contribution in [2.45, 2.75) is 17.7 Å². The van der Waals surface area contributed by atoms with Crippen LogP contribution in [0.5, 0.6) is 0 Å². The van der Waals surface area contributed by atoms with E-state index in [1.54, 1.807) is 6.07 Å². The van der Waals surface area contributed by atoms with Gasteiger partial charge in [0.15, 0.2) is 0 Å². The number of nitrogens with two attached hydrogens (primary N) is 1. The van der Waals surface area contributed by atoms with Gasteiger partial charge in [-0.15, -0.1) is 11.8 Å². The number of anilines is 1. The second-order valence-electron chi connectivity index (χ2n) is 5.22. The van der Waals surface area contributed by atoms with Crippen LogP contribution in [-0.4, -0.2) is 38.2 Å². The number of hydrogen-bond donors (Lipinski definition) is 3. The van der Waals surface area contributed by atoms with Gasteiger partial charge >= 0.3 is 0 Å². The molecule has 0 unspecified atom stereocenters. The largest absolute Gasteiger partial charge is 0.399 e. The summed E-state index contributed by atoms with van der Waals surface area (Å²) in [4.78, 5) is 0.967. The zero-order valence-electron chi connectivity index (χ0n) is 11.2. The lowest BCUT2D eigenvalue weighted by Crippen LogP contribution is -2.34. The smallest absolute Gasteiger partial charge is 0.212 e. The monoisotopic (exact) mass is 316 g/mol. The average Bonchev–Trinajstić information content (AvgIpc) is 3.17. The molecule has 4 N–H and O–H groups in total. The molecule has 0 aliphatic heterocycles. The minimum atomic E-state index is -3.28. The Hall–Kier alpha value is -0.760. The van der Waals surface area contributed by atoms with Gasteiger partial charge in [0.05, 0.1) is 5.75 Å². The average molecular weight is 316 g/mol. The number of aliphatic hydroxyl groups excluding tert-OH is 1. The molecule has 7 heteroatoms. The van der Waals surface area contributed by atoms with Gasteiger partial charge in [0, 0.05) is 34.9 Å². The Morgan fingerprint density at radius 3 is 2.75 bits per heavy atom. The summed E-state index contributed by atoms with van der Waals surface area (Å²) >= 11 is 1.47. The van der Waals surface area contributed by atoms with Crippen molar-refractivity contribution in [1.29, 1.82) is 0 Å². The molecule has 1 aromatic carbocycles. The zero-order chi connectivity index (χ0) is 14.6. The summed E-state index contributed by atoms with van der Waals surface area (Å²) in [6, 6.07) is 7.39. The number of thioether (sulfide) groups is 1. The van der Waals surface area contributed by atoms with Gasteiger partial charge in [-0.25, -0.2) is 13.1 Å². The molecule has 0 radical (unpaired) electrons. The number of nitrogen functional groups attached to an aromatic ring is 1. The molecule has 0 spiro atoms.